The number of ether oxygens (including phenoxy) is 1. The molecule has 0 unspecified atom stereocenters. The Morgan fingerprint density at radius 2 is 2.00 bits per heavy atom. The molecule has 0 radical (unpaired) electrons. The molecule has 0 aliphatic rings. The number of amides is 1. The van der Waals surface area contributed by atoms with Crippen LogP contribution in [0.1, 0.15) is 5.56 Å². The molecule has 8 nitrogen and oxygen atoms in total. The van der Waals surface area contributed by atoms with Crippen molar-refractivity contribution in [3.63, 3.8) is 0 Å². The van der Waals surface area contributed by atoms with Crippen LogP contribution in [0.2, 0.25) is 0 Å². The van der Waals surface area contributed by atoms with Gasteiger partial charge in [0.05, 0.1) is 12.0 Å². The molecule has 9 heteroatoms. The summed E-state index contributed by atoms with van der Waals surface area (Å²) in [4.78, 5) is 26.5. The van der Waals surface area contributed by atoms with Crippen LogP contribution in [0.25, 0.3) is 11.1 Å². The molecule has 27 heavy (non-hydrogen) atoms. The third kappa shape index (κ3) is 5.58. The Bertz CT molecular complexity index is 936. The van der Waals surface area contributed by atoms with Gasteiger partial charge in [-0.25, -0.2) is 15.2 Å². The number of carbonyl (C=O) groups is 2. The molecule has 2 aromatic carbocycles. The van der Waals surface area contributed by atoms with Gasteiger partial charge in [-0.2, -0.15) is 5.10 Å². The Balaban J connectivity index is 1.44. The van der Waals surface area contributed by atoms with Crippen LogP contribution in [0, 0.1) is 0 Å². The Labute approximate surface area is 158 Å². The average Bonchev–Trinajstić information content (AvgIpc) is 3.09. The van der Waals surface area contributed by atoms with Crippen LogP contribution in [-0.4, -0.2) is 40.5 Å². The Hall–Kier alpha value is -3.33. The van der Waals surface area contributed by atoms with Crippen LogP contribution in [0.5, 0.6) is 5.75 Å². The quantitative estimate of drug-likeness (QED) is 0.348. The summed E-state index contributed by atoms with van der Waals surface area (Å²) in [6, 6.07) is 14.0. The molecule has 1 amide bonds. The van der Waals surface area contributed by atoms with E-state index in [1.165, 1.54) is 18.0 Å². The molecule has 1 aromatic heterocycles. The number of hydrogen-bond donors (Lipinski definition) is 2. The van der Waals surface area contributed by atoms with Crippen molar-refractivity contribution in [2.45, 2.75) is 5.22 Å². The normalized spacial score (nSPS) is 11.0. The van der Waals surface area contributed by atoms with Gasteiger partial charge in [0, 0.05) is 0 Å². The lowest BCUT2D eigenvalue weighted by Crippen LogP contribution is -2.19. The van der Waals surface area contributed by atoms with Crippen molar-refractivity contribution in [3.8, 4) is 5.75 Å². The molecule has 2 N–H and O–H groups in total. The van der Waals surface area contributed by atoms with Gasteiger partial charge in [0.15, 0.2) is 12.2 Å². The number of benzene rings is 2. The number of fused-ring (bicyclic) bond motifs is 1. The fraction of sp³-hybridized carbons (Fsp3) is 0.111. The van der Waals surface area contributed by atoms with Crippen LogP contribution in [0.3, 0.4) is 0 Å². The lowest BCUT2D eigenvalue weighted by atomic mass is 10.2. The number of aromatic nitrogens is 1. The molecular formula is C18H15N3O5S. The average molecular weight is 385 g/mol. The molecule has 0 aliphatic heterocycles. The number of rotatable bonds is 8. The fourth-order valence-electron chi connectivity index (χ4n) is 2.05. The van der Waals surface area contributed by atoms with Crippen molar-refractivity contribution in [1.29, 1.82) is 0 Å². The van der Waals surface area contributed by atoms with Gasteiger partial charge >= 0.3 is 5.97 Å². The Morgan fingerprint density at radius 3 is 2.74 bits per heavy atom. The van der Waals surface area contributed by atoms with E-state index in [4.69, 9.17) is 14.3 Å². The minimum atomic E-state index is -1.04. The van der Waals surface area contributed by atoms with Crippen LogP contribution >= 0.6 is 11.8 Å². The van der Waals surface area contributed by atoms with Crippen molar-refractivity contribution in [3.05, 3.63) is 54.1 Å². The molecule has 138 valence electrons. The summed E-state index contributed by atoms with van der Waals surface area (Å²) in [5.41, 5.74) is 4.57. The number of carboxylic acids is 1. The van der Waals surface area contributed by atoms with Crippen molar-refractivity contribution < 1.29 is 23.8 Å². The minimum absolute atomic E-state index is 0.117. The van der Waals surface area contributed by atoms with E-state index in [0.717, 1.165) is 11.1 Å². The maximum Gasteiger partial charge on any atom is 0.341 e. The monoisotopic (exact) mass is 385 g/mol. The third-order valence-corrected chi connectivity index (χ3v) is 4.07. The van der Waals surface area contributed by atoms with Gasteiger partial charge in [-0.15, -0.1) is 0 Å². The highest BCUT2D eigenvalue weighted by molar-refractivity contribution is 7.99. The molecule has 0 aliphatic carbocycles. The second-order valence-corrected chi connectivity index (χ2v) is 6.21. The van der Waals surface area contributed by atoms with E-state index in [9.17, 15) is 9.59 Å². The number of oxazole rings is 1. The number of aliphatic carboxylic acids is 1. The molecular weight excluding hydrogens is 370 g/mol. The van der Waals surface area contributed by atoms with E-state index >= 15 is 0 Å². The summed E-state index contributed by atoms with van der Waals surface area (Å²) in [5.74, 6) is -0.779. The van der Waals surface area contributed by atoms with Crippen LogP contribution in [0.15, 0.2) is 63.3 Å². The minimum Gasteiger partial charge on any atom is -0.482 e. The predicted molar refractivity (Wildman–Crippen MR) is 100 cm³/mol. The summed E-state index contributed by atoms with van der Waals surface area (Å²) in [6.07, 6.45) is 1.48. The summed E-state index contributed by atoms with van der Waals surface area (Å²) in [7, 11) is 0. The van der Waals surface area contributed by atoms with E-state index in [1.807, 2.05) is 24.3 Å². The SMILES string of the molecule is O=C(O)COc1ccc(/C=N\NC(=O)CSc2nc3ccccc3o2)cc1. The number of thioether (sulfide) groups is 1. The van der Waals surface area contributed by atoms with Crippen LogP contribution in [0.4, 0.5) is 0 Å². The number of carboxylic acid groups (broad SMARTS) is 1. The zero-order valence-corrected chi connectivity index (χ0v) is 14.8. The summed E-state index contributed by atoms with van der Waals surface area (Å²) in [5, 5.41) is 12.9. The first-order valence-electron chi connectivity index (χ1n) is 7.85. The van der Waals surface area contributed by atoms with Gasteiger partial charge in [-0.1, -0.05) is 23.9 Å². The number of para-hydroxylation sites is 2. The van der Waals surface area contributed by atoms with Crippen molar-refractivity contribution in [1.82, 2.24) is 10.4 Å². The maximum atomic E-state index is 11.8. The molecule has 0 bridgehead atoms. The molecule has 0 saturated carbocycles. The van der Waals surface area contributed by atoms with Crippen molar-refractivity contribution in [2.75, 3.05) is 12.4 Å². The van der Waals surface area contributed by atoms with Gasteiger partial charge in [-0.05, 0) is 42.0 Å². The van der Waals surface area contributed by atoms with Crippen molar-refractivity contribution in [2.24, 2.45) is 5.10 Å². The van der Waals surface area contributed by atoms with Gasteiger partial charge in [0.2, 0.25) is 0 Å². The van der Waals surface area contributed by atoms with Gasteiger partial charge < -0.3 is 14.3 Å². The summed E-state index contributed by atoms with van der Waals surface area (Å²) >= 11 is 1.18. The van der Waals surface area contributed by atoms with Crippen LogP contribution < -0.4 is 10.2 Å². The van der Waals surface area contributed by atoms with E-state index in [2.05, 4.69) is 15.5 Å². The third-order valence-electron chi connectivity index (χ3n) is 3.25. The maximum absolute atomic E-state index is 11.8. The highest BCUT2D eigenvalue weighted by atomic mass is 32.2. The molecule has 0 atom stereocenters. The lowest BCUT2D eigenvalue weighted by Gasteiger charge is -2.02. The zero-order chi connectivity index (χ0) is 19.1. The van der Waals surface area contributed by atoms with E-state index in [-0.39, 0.29) is 11.7 Å². The first kappa shape index (κ1) is 18.5. The van der Waals surface area contributed by atoms with E-state index < -0.39 is 12.6 Å². The topological polar surface area (TPSA) is 114 Å². The predicted octanol–water partition coefficient (Wildman–Crippen LogP) is 2.53. The van der Waals surface area contributed by atoms with Gasteiger partial charge in [0.25, 0.3) is 11.1 Å². The number of nitrogens with one attached hydrogen (secondary N) is 1. The van der Waals surface area contributed by atoms with Gasteiger partial charge in [0.1, 0.15) is 11.3 Å². The second kappa shape index (κ2) is 8.86. The van der Waals surface area contributed by atoms with E-state index in [0.29, 0.717) is 16.6 Å². The standard InChI is InChI=1S/C18H15N3O5S/c22-16(11-27-18-20-14-3-1-2-4-15(14)26-18)21-19-9-12-5-7-13(8-6-12)25-10-17(23)24/h1-9H,10-11H2,(H,21,22)(H,23,24)/b19-9-. The molecule has 0 fully saturated rings. The van der Waals surface area contributed by atoms with E-state index in [1.54, 1.807) is 24.3 Å². The highest BCUT2D eigenvalue weighted by Gasteiger charge is 2.08. The van der Waals surface area contributed by atoms with Crippen molar-refractivity contribution >= 4 is 41.0 Å². The Morgan fingerprint density at radius 1 is 1.22 bits per heavy atom. The first-order chi connectivity index (χ1) is 13.1. The first-order valence-corrected chi connectivity index (χ1v) is 8.83. The molecule has 1 heterocycles. The highest BCUT2D eigenvalue weighted by Crippen LogP contribution is 2.22. The molecule has 3 aromatic rings. The second-order valence-electron chi connectivity index (χ2n) is 5.28. The number of carbonyl (C=O) groups excluding carboxylic acids is 1. The number of hydrogen-bond acceptors (Lipinski definition) is 7. The largest absolute Gasteiger partial charge is 0.482 e. The Kier molecular flexibility index (Phi) is 6.06. The summed E-state index contributed by atoms with van der Waals surface area (Å²) in [6.45, 7) is -0.402. The zero-order valence-electron chi connectivity index (χ0n) is 14.0. The van der Waals surface area contributed by atoms with Crippen LogP contribution in [-0.2, 0) is 9.59 Å². The number of hydrazone groups is 1. The summed E-state index contributed by atoms with van der Waals surface area (Å²) < 4.78 is 10.6. The lowest BCUT2D eigenvalue weighted by molar-refractivity contribution is -0.139. The molecule has 0 spiro atoms. The molecule has 3 rings (SSSR count). The number of nitrogens with zero attached hydrogens (tertiary/aromatic N) is 2. The fourth-order valence-corrected chi connectivity index (χ4v) is 2.68. The van der Waals surface area contributed by atoms with Gasteiger partial charge in [-0.3, -0.25) is 4.79 Å². The molecule has 0 saturated heterocycles. The smallest absolute Gasteiger partial charge is 0.341 e.